The van der Waals surface area contributed by atoms with Crippen molar-refractivity contribution < 1.29 is 9.18 Å². The molecule has 1 N–H and O–H groups in total. The third-order valence-corrected chi connectivity index (χ3v) is 3.74. The number of H-pyrrole nitrogens is 1. The quantitative estimate of drug-likeness (QED) is 0.695. The van der Waals surface area contributed by atoms with Crippen molar-refractivity contribution in [2.45, 2.75) is 13.8 Å². The minimum atomic E-state index is -0.315. The van der Waals surface area contributed by atoms with Crippen LogP contribution >= 0.6 is 0 Å². The monoisotopic (exact) mass is 267 g/mol. The summed E-state index contributed by atoms with van der Waals surface area (Å²) in [5.74, 6) is -0.353. The molecule has 0 bridgehead atoms. The molecule has 2 nitrogen and oxygen atoms in total. The van der Waals surface area contributed by atoms with Gasteiger partial charge < -0.3 is 4.98 Å². The van der Waals surface area contributed by atoms with Crippen LogP contribution in [0.1, 0.15) is 27.0 Å². The molecule has 0 aliphatic carbocycles. The number of fused-ring (bicyclic) bond motifs is 1. The van der Waals surface area contributed by atoms with Crippen molar-refractivity contribution in [3.8, 4) is 0 Å². The maximum atomic E-state index is 13.2. The number of hydrogen-bond acceptors (Lipinski definition) is 1. The summed E-state index contributed by atoms with van der Waals surface area (Å²) in [5.41, 5.74) is 3.97. The van der Waals surface area contributed by atoms with Gasteiger partial charge in [0.15, 0.2) is 5.78 Å². The summed E-state index contributed by atoms with van der Waals surface area (Å²) in [6.07, 6.45) is 1.65. The molecule has 1 heterocycles. The molecule has 0 unspecified atom stereocenters. The summed E-state index contributed by atoms with van der Waals surface area (Å²) in [5, 5.41) is 0.748. The number of aryl methyl sites for hydroxylation is 1. The van der Waals surface area contributed by atoms with E-state index in [-0.39, 0.29) is 11.6 Å². The molecule has 0 saturated carbocycles. The maximum absolute atomic E-state index is 13.2. The number of carbonyl (C=O) groups excluding carboxylic acids is 1. The SMILES string of the molecule is Cc1cccc(C(=O)c2c[nH]c3cc(F)ccc23)c1C. The predicted molar refractivity (Wildman–Crippen MR) is 77.6 cm³/mol. The molecule has 0 spiro atoms. The third kappa shape index (κ3) is 1.92. The summed E-state index contributed by atoms with van der Waals surface area (Å²) >= 11 is 0. The smallest absolute Gasteiger partial charge is 0.195 e. The highest BCUT2D eigenvalue weighted by molar-refractivity contribution is 6.17. The van der Waals surface area contributed by atoms with E-state index < -0.39 is 0 Å². The summed E-state index contributed by atoms with van der Waals surface area (Å²) in [7, 11) is 0. The second-order valence-electron chi connectivity index (χ2n) is 4.97. The number of aromatic amines is 1. The van der Waals surface area contributed by atoms with Crippen LogP contribution in [0.3, 0.4) is 0 Å². The van der Waals surface area contributed by atoms with Crippen molar-refractivity contribution in [1.82, 2.24) is 4.98 Å². The van der Waals surface area contributed by atoms with E-state index in [1.54, 1.807) is 12.3 Å². The molecule has 2 aromatic carbocycles. The van der Waals surface area contributed by atoms with Gasteiger partial charge in [-0.3, -0.25) is 4.79 Å². The molecular formula is C17H14FNO. The Kier molecular flexibility index (Phi) is 2.90. The summed E-state index contributed by atoms with van der Waals surface area (Å²) in [6, 6.07) is 10.1. The van der Waals surface area contributed by atoms with Crippen LogP contribution in [0.15, 0.2) is 42.6 Å². The van der Waals surface area contributed by atoms with Gasteiger partial charge in [-0.2, -0.15) is 0 Å². The van der Waals surface area contributed by atoms with Crippen LogP contribution in [0.4, 0.5) is 4.39 Å². The van der Waals surface area contributed by atoms with E-state index in [0.29, 0.717) is 16.6 Å². The number of benzene rings is 2. The topological polar surface area (TPSA) is 32.9 Å². The molecule has 3 aromatic rings. The Morgan fingerprint density at radius 1 is 1.10 bits per heavy atom. The fraction of sp³-hybridized carbons (Fsp3) is 0.118. The first kappa shape index (κ1) is 12.6. The first-order valence-corrected chi connectivity index (χ1v) is 6.45. The van der Waals surface area contributed by atoms with Crippen molar-refractivity contribution >= 4 is 16.7 Å². The van der Waals surface area contributed by atoms with Crippen LogP contribution in [0, 0.1) is 19.7 Å². The van der Waals surface area contributed by atoms with Crippen molar-refractivity contribution in [1.29, 1.82) is 0 Å². The Morgan fingerprint density at radius 3 is 2.70 bits per heavy atom. The van der Waals surface area contributed by atoms with Crippen LogP contribution in [0.5, 0.6) is 0 Å². The molecular weight excluding hydrogens is 253 g/mol. The molecule has 20 heavy (non-hydrogen) atoms. The fourth-order valence-electron chi connectivity index (χ4n) is 2.43. The molecule has 0 amide bonds. The van der Waals surface area contributed by atoms with Gasteiger partial charge in [0.2, 0.25) is 0 Å². The standard InChI is InChI=1S/C17H14FNO/c1-10-4-3-5-13(11(10)2)17(20)15-9-19-16-8-12(18)6-7-14(15)16/h3-9,19H,1-2H3. The number of rotatable bonds is 2. The van der Waals surface area contributed by atoms with Gasteiger partial charge in [0.25, 0.3) is 0 Å². The van der Waals surface area contributed by atoms with Crippen molar-refractivity contribution in [2.75, 3.05) is 0 Å². The molecule has 100 valence electrons. The largest absolute Gasteiger partial charge is 0.360 e. The van der Waals surface area contributed by atoms with Gasteiger partial charge in [-0.05, 0) is 43.2 Å². The van der Waals surface area contributed by atoms with Gasteiger partial charge in [0, 0.05) is 28.2 Å². The molecule has 0 saturated heterocycles. The predicted octanol–water partition coefficient (Wildman–Crippen LogP) is 4.15. The lowest BCUT2D eigenvalue weighted by molar-refractivity contribution is 0.103. The van der Waals surface area contributed by atoms with E-state index in [9.17, 15) is 9.18 Å². The van der Waals surface area contributed by atoms with Gasteiger partial charge >= 0.3 is 0 Å². The Labute approximate surface area is 116 Å². The zero-order valence-corrected chi connectivity index (χ0v) is 11.3. The number of hydrogen-bond donors (Lipinski definition) is 1. The van der Waals surface area contributed by atoms with Crippen molar-refractivity contribution in [3.05, 3.63) is 70.7 Å². The van der Waals surface area contributed by atoms with E-state index in [4.69, 9.17) is 0 Å². The highest BCUT2D eigenvalue weighted by atomic mass is 19.1. The highest BCUT2D eigenvalue weighted by Crippen LogP contribution is 2.24. The molecule has 0 aliphatic heterocycles. The maximum Gasteiger partial charge on any atom is 0.195 e. The zero-order chi connectivity index (χ0) is 14.3. The average molecular weight is 267 g/mol. The summed E-state index contributed by atoms with van der Waals surface area (Å²) in [6.45, 7) is 3.92. The Bertz CT molecular complexity index is 817. The molecule has 3 heteroatoms. The number of aromatic nitrogens is 1. The third-order valence-electron chi connectivity index (χ3n) is 3.74. The van der Waals surface area contributed by atoms with Crippen LogP contribution in [-0.4, -0.2) is 10.8 Å². The second-order valence-corrected chi connectivity index (χ2v) is 4.97. The van der Waals surface area contributed by atoms with Crippen LogP contribution in [0.25, 0.3) is 10.9 Å². The van der Waals surface area contributed by atoms with Crippen LogP contribution in [0.2, 0.25) is 0 Å². The van der Waals surface area contributed by atoms with Gasteiger partial charge in [-0.1, -0.05) is 18.2 Å². The first-order chi connectivity index (χ1) is 9.58. The number of carbonyl (C=O) groups is 1. The van der Waals surface area contributed by atoms with E-state index in [1.165, 1.54) is 12.1 Å². The summed E-state index contributed by atoms with van der Waals surface area (Å²) in [4.78, 5) is 15.6. The van der Waals surface area contributed by atoms with Gasteiger partial charge in [-0.15, -0.1) is 0 Å². The molecule has 0 atom stereocenters. The molecule has 0 fully saturated rings. The first-order valence-electron chi connectivity index (χ1n) is 6.45. The van der Waals surface area contributed by atoms with E-state index in [2.05, 4.69) is 4.98 Å². The number of nitrogens with one attached hydrogen (secondary N) is 1. The summed E-state index contributed by atoms with van der Waals surface area (Å²) < 4.78 is 13.2. The molecule has 0 aliphatic rings. The van der Waals surface area contributed by atoms with Crippen LogP contribution < -0.4 is 0 Å². The lowest BCUT2D eigenvalue weighted by atomic mass is 9.96. The Hall–Kier alpha value is -2.42. The highest BCUT2D eigenvalue weighted by Gasteiger charge is 2.16. The molecule has 3 rings (SSSR count). The minimum Gasteiger partial charge on any atom is -0.360 e. The molecule has 1 aromatic heterocycles. The second kappa shape index (κ2) is 4.60. The van der Waals surface area contributed by atoms with Gasteiger partial charge in [0.1, 0.15) is 5.82 Å². The van der Waals surface area contributed by atoms with Crippen molar-refractivity contribution in [3.63, 3.8) is 0 Å². The lowest BCUT2D eigenvalue weighted by Crippen LogP contribution is -2.04. The average Bonchev–Trinajstić information content (AvgIpc) is 2.84. The normalized spacial score (nSPS) is 10.9. The molecule has 0 radical (unpaired) electrons. The minimum absolute atomic E-state index is 0.0379. The Balaban J connectivity index is 2.16. The number of ketones is 1. The van der Waals surface area contributed by atoms with Crippen LogP contribution in [-0.2, 0) is 0 Å². The van der Waals surface area contributed by atoms with Gasteiger partial charge in [0.05, 0.1) is 0 Å². The van der Waals surface area contributed by atoms with E-state index >= 15 is 0 Å². The van der Waals surface area contributed by atoms with Gasteiger partial charge in [-0.25, -0.2) is 4.39 Å². The van der Waals surface area contributed by atoms with E-state index in [0.717, 1.165) is 16.5 Å². The number of halogens is 1. The van der Waals surface area contributed by atoms with E-state index in [1.807, 2.05) is 32.0 Å². The fourth-order valence-corrected chi connectivity index (χ4v) is 2.43. The lowest BCUT2D eigenvalue weighted by Gasteiger charge is -2.06. The Morgan fingerprint density at radius 2 is 1.90 bits per heavy atom. The zero-order valence-electron chi connectivity index (χ0n) is 11.3. The van der Waals surface area contributed by atoms with Crippen molar-refractivity contribution in [2.24, 2.45) is 0 Å².